The van der Waals surface area contributed by atoms with Gasteiger partial charge in [0, 0.05) is 12.0 Å². The molecule has 0 aliphatic carbocycles. The second-order valence-electron chi connectivity index (χ2n) is 5.74. The Bertz CT molecular complexity index is 421. The van der Waals surface area contributed by atoms with Gasteiger partial charge in [0.1, 0.15) is 0 Å². The SMILES string of the molecule is Cc1cccc(CC(NN)C2CC3CCC2O3)c1. The molecule has 0 radical (unpaired) electrons. The van der Waals surface area contributed by atoms with Gasteiger partial charge in [0.05, 0.1) is 12.2 Å². The zero-order valence-corrected chi connectivity index (χ0v) is 10.9. The molecule has 0 aromatic heterocycles. The topological polar surface area (TPSA) is 47.3 Å². The van der Waals surface area contributed by atoms with Gasteiger partial charge in [-0.05, 0) is 38.2 Å². The van der Waals surface area contributed by atoms with E-state index in [9.17, 15) is 0 Å². The molecule has 0 saturated carbocycles. The molecule has 98 valence electrons. The van der Waals surface area contributed by atoms with Crippen LogP contribution in [0.2, 0.25) is 0 Å². The number of benzene rings is 1. The van der Waals surface area contributed by atoms with E-state index < -0.39 is 0 Å². The van der Waals surface area contributed by atoms with Crippen LogP contribution in [0.1, 0.15) is 30.4 Å². The smallest absolute Gasteiger partial charge is 0.0624 e. The molecule has 4 atom stereocenters. The van der Waals surface area contributed by atoms with Gasteiger partial charge in [-0.2, -0.15) is 0 Å². The van der Waals surface area contributed by atoms with Crippen molar-refractivity contribution >= 4 is 0 Å². The Morgan fingerprint density at radius 2 is 2.33 bits per heavy atom. The number of nitrogens with one attached hydrogen (secondary N) is 1. The maximum absolute atomic E-state index is 5.93. The molecule has 3 heteroatoms. The largest absolute Gasteiger partial charge is 0.375 e. The lowest BCUT2D eigenvalue weighted by atomic mass is 9.81. The van der Waals surface area contributed by atoms with Crippen molar-refractivity contribution < 1.29 is 4.74 Å². The van der Waals surface area contributed by atoms with Gasteiger partial charge in [0.2, 0.25) is 0 Å². The zero-order chi connectivity index (χ0) is 12.5. The number of ether oxygens (including phenoxy) is 1. The minimum Gasteiger partial charge on any atom is -0.375 e. The first kappa shape index (κ1) is 12.2. The normalized spacial score (nSPS) is 31.8. The lowest BCUT2D eigenvalue weighted by molar-refractivity contribution is 0.0857. The average molecular weight is 246 g/mol. The highest BCUT2D eigenvalue weighted by Gasteiger charge is 2.43. The van der Waals surface area contributed by atoms with E-state index in [1.54, 1.807) is 0 Å². The molecule has 1 aromatic carbocycles. The molecule has 3 N–H and O–H groups in total. The van der Waals surface area contributed by atoms with Crippen molar-refractivity contribution in [3.05, 3.63) is 35.4 Å². The second kappa shape index (κ2) is 5.00. The molecule has 3 nitrogen and oxygen atoms in total. The standard InChI is InChI=1S/C15H22N2O/c1-10-3-2-4-11(7-10)8-14(17-16)13-9-12-5-6-15(13)18-12/h2-4,7,12-15,17H,5-6,8-9,16H2,1H3. The summed E-state index contributed by atoms with van der Waals surface area (Å²) in [6, 6.07) is 9.02. The third kappa shape index (κ3) is 2.30. The first-order valence-corrected chi connectivity index (χ1v) is 6.93. The van der Waals surface area contributed by atoms with Gasteiger partial charge < -0.3 is 4.74 Å². The maximum Gasteiger partial charge on any atom is 0.0624 e. The van der Waals surface area contributed by atoms with Gasteiger partial charge in [-0.3, -0.25) is 11.3 Å². The summed E-state index contributed by atoms with van der Waals surface area (Å²) >= 11 is 0. The summed E-state index contributed by atoms with van der Waals surface area (Å²) in [6.45, 7) is 2.13. The number of rotatable bonds is 4. The highest BCUT2D eigenvalue weighted by molar-refractivity contribution is 5.23. The number of nitrogens with two attached hydrogens (primary N) is 1. The van der Waals surface area contributed by atoms with E-state index >= 15 is 0 Å². The molecule has 2 aliphatic rings. The van der Waals surface area contributed by atoms with E-state index in [2.05, 4.69) is 36.6 Å². The summed E-state index contributed by atoms with van der Waals surface area (Å²) in [5.41, 5.74) is 5.69. The van der Waals surface area contributed by atoms with Gasteiger partial charge in [-0.25, -0.2) is 0 Å². The van der Waals surface area contributed by atoms with E-state index in [1.807, 2.05) is 0 Å². The van der Waals surface area contributed by atoms with Crippen LogP contribution in [0.5, 0.6) is 0 Å². The van der Waals surface area contributed by atoms with Gasteiger partial charge in [0.25, 0.3) is 0 Å². The number of hydrogen-bond acceptors (Lipinski definition) is 3. The molecule has 1 aromatic rings. The van der Waals surface area contributed by atoms with Crippen molar-refractivity contribution in [2.75, 3.05) is 0 Å². The van der Waals surface area contributed by atoms with E-state index in [-0.39, 0.29) is 0 Å². The fourth-order valence-electron chi connectivity index (χ4n) is 3.53. The quantitative estimate of drug-likeness (QED) is 0.630. The van der Waals surface area contributed by atoms with Crippen LogP contribution in [0.3, 0.4) is 0 Å². The molecule has 0 amide bonds. The predicted molar refractivity (Wildman–Crippen MR) is 72.0 cm³/mol. The Hall–Kier alpha value is -0.900. The Balaban J connectivity index is 1.69. The first-order valence-electron chi connectivity index (χ1n) is 6.93. The summed E-state index contributed by atoms with van der Waals surface area (Å²) < 4.78 is 5.93. The minimum atomic E-state index is 0.335. The summed E-state index contributed by atoms with van der Waals surface area (Å²) in [6.07, 6.45) is 5.54. The Labute approximate surface area is 109 Å². The van der Waals surface area contributed by atoms with Gasteiger partial charge in [-0.1, -0.05) is 29.8 Å². The van der Waals surface area contributed by atoms with E-state index in [1.165, 1.54) is 30.4 Å². The molecule has 2 heterocycles. The number of aryl methyl sites for hydroxylation is 1. The van der Waals surface area contributed by atoms with Crippen LogP contribution < -0.4 is 11.3 Å². The highest BCUT2D eigenvalue weighted by Crippen LogP contribution is 2.40. The van der Waals surface area contributed by atoms with Crippen LogP contribution in [-0.2, 0) is 11.2 Å². The predicted octanol–water partition coefficient (Wildman–Crippen LogP) is 1.94. The molecule has 2 saturated heterocycles. The Kier molecular flexibility index (Phi) is 3.37. The molecule has 2 aliphatic heterocycles. The minimum absolute atomic E-state index is 0.335. The molecule has 4 unspecified atom stereocenters. The van der Waals surface area contributed by atoms with Crippen molar-refractivity contribution in [3.8, 4) is 0 Å². The second-order valence-corrected chi connectivity index (χ2v) is 5.74. The van der Waals surface area contributed by atoms with Crippen LogP contribution in [-0.4, -0.2) is 18.2 Å². The van der Waals surface area contributed by atoms with Crippen molar-refractivity contribution in [3.63, 3.8) is 0 Å². The van der Waals surface area contributed by atoms with Crippen LogP contribution in [0, 0.1) is 12.8 Å². The van der Waals surface area contributed by atoms with Crippen LogP contribution in [0.4, 0.5) is 0 Å². The fraction of sp³-hybridized carbons (Fsp3) is 0.600. The molecular weight excluding hydrogens is 224 g/mol. The molecule has 18 heavy (non-hydrogen) atoms. The number of hydrazine groups is 1. The lowest BCUT2D eigenvalue weighted by Gasteiger charge is -2.28. The molecule has 0 spiro atoms. The monoisotopic (exact) mass is 246 g/mol. The maximum atomic E-state index is 5.93. The Morgan fingerprint density at radius 3 is 2.94 bits per heavy atom. The average Bonchev–Trinajstić information content (AvgIpc) is 2.98. The van der Waals surface area contributed by atoms with E-state index in [0.717, 1.165) is 6.42 Å². The van der Waals surface area contributed by atoms with E-state index in [0.29, 0.717) is 24.2 Å². The van der Waals surface area contributed by atoms with Crippen LogP contribution in [0.25, 0.3) is 0 Å². The lowest BCUT2D eigenvalue weighted by Crippen LogP contribution is -2.45. The van der Waals surface area contributed by atoms with E-state index in [4.69, 9.17) is 10.6 Å². The van der Waals surface area contributed by atoms with Gasteiger partial charge in [0.15, 0.2) is 0 Å². The Morgan fingerprint density at radius 1 is 1.44 bits per heavy atom. The third-order valence-corrected chi connectivity index (χ3v) is 4.42. The zero-order valence-electron chi connectivity index (χ0n) is 10.9. The molecule has 2 fully saturated rings. The van der Waals surface area contributed by atoms with Crippen molar-refractivity contribution in [1.82, 2.24) is 5.43 Å². The number of hydrogen-bond donors (Lipinski definition) is 2. The molecule has 2 bridgehead atoms. The van der Waals surface area contributed by atoms with Crippen LogP contribution in [0.15, 0.2) is 24.3 Å². The van der Waals surface area contributed by atoms with Gasteiger partial charge in [-0.15, -0.1) is 0 Å². The fourth-order valence-corrected chi connectivity index (χ4v) is 3.53. The summed E-state index contributed by atoms with van der Waals surface area (Å²) in [5, 5.41) is 0. The molecular formula is C15H22N2O. The number of fused-ring (bicyclic) bond motifs is 2. The van der Waals surface area contributed by atoms with Crippen LogP contribution >= 0.6 is 0 Å². The van der Waals surface area contributed by atoms with Gasteiger partial charge >= 0.3 is 0 Å². The first-order chi connectivity index (χ1) is 8.76. The summed E-state index contributed by atoms with van der Waals surface area (Å²) in [7, 11) is 0. The highest BCUT2D eigenvalue weighted by atomic mass is 16.5. The third-order valence-electron chi connectivity index (χ3n) is 4.42. The van der Waals surface area contributed by atoms with Crippen molar-refractivity contribution in [2.45, 2.75) is 50.9 Å². The summed E-state index contributed by atoms with van der Waals surface area (Å²) in [4.78, 5) is 0. The summed E-state index contributed by atoms with van der Waals surface area (Å²) in [5.74, 6) is 6.34. The van der Waals surface area contributed by atoms with Crippen molar-refractivity contribution in [1.29, 1.82) is 0 Å². The molecule has 3 rings (SSSR count). The van der Waals surface area contributed by atoms with Crippen molar-refractivity contribution in [2.24, 2.45) is 11.8 Å².